The van der Waals surface area contributed by atoms with Crippen LogP contribution < -0.4 is 0 Å². The number of hydrogen-bond donors (Lipinski definition) is 0. The molecule has 3 aliphatic heterocycles. The number of unbranched alkanes of at least 4 members (excludes halogenated alkanes) is 2. The van der Waals surface area contributed by atoms with E-state index >= 15 is 0 Å². The summed E-state index contributed by atoms with van der Waals surface area (Å²) in [5.41, 5.74) is 0.428. The van der Waals surface area contributed by atoms with Crippen molar-refractivity contribution in [2.75, 3.05) is 46.0 Å². The maximum atomic E-state index is 11.6. The van der Waals surface area contributed by atoms with Gasteiger partial charge in [0.1, 0.15) is 19.6 Å². The van der Waals surface area contributed by atoms with Crippen molar-refractivity contribution >= 4 is 14.8 Å². The molecule has 7 heteroatoms. The highest BCUT2D eigenvalue weighted by atomic mass is 28.4. The van der Waals surface area contributed by atoms with Crippen molar-refractivity contribution < 1.29 is 27.3 Å². The molecule has 3 heterocycles. The van der Waals surface area contributed by atoms with Crippen molar-refractivity contribution in [1.82, 2.24) is 0 Å². The highest BCUT2D eigenvalue weighted by Gasteiger charge is 2.49. The van der Waals surface area contributed by atoms with Crippen molar-refractivity contribution in [3.05, 3.63) is 12.2 Å². The highest BCUT2D eigenvalue weighted by Crippen LogP contribution is 2.30. The molecular weight excluding hydrogens is 374 g/mol. The van der Waals surface area contributed by atoms with Crippen LogP contribution in [-0.4, -0.2) is 71.4 Å². The van der Waals surface area contributed by atoms with Gasteiger partial charge in [-0.05, 0) is 26.2 Å². The maximum Gasteiger partial charge on any atom is 0.501 e. The molecule has 3 aliphatic rings. The van der Waals surface area contributed by atoms with Gasteiger partial charge in [0.05, 0.1) is 32.5 Å². The summed E-state index contributed by atoms with van der Waals surface area (Å²) in [6, 6.07) is 0.702. The lowest BCUT2D eigenvalue weighted by molar-refractivity contribution is -0.933. The molecule has 0 aromatic heterocycles. The van der Waals surface area contributed by atoms with Gasteiger partial charge in [-0.1, -0.05) is 39.7 Å². The van der Waals surface area contributed by atoms with Gasteiger partial charge < -0.3 is 22.5 Å². The molecule has 3 fully saturated rings. The molecule has 0 aromatic rings. The second-order valence-corrected chi connectivity index (χ2v) is 11.0. The van der Waals surface area contributed by atoms with E-state index in [0.717, 1.165) is 30.5 Å². The van der Waals surface area contributed by atoms with E-state index in [2.05, 4.69) is 20.4 Å². The summed E-state index contributed by atoms with van der Waals surface area (Å²) < 4.78 is 25.6. The Kier molecular flexibility index (Phi) is 9.63. The van der Waals surface area contributed by atoms with Gasteiger partial charge in [0.2, 0.25) is 0 Å². The minimum Gasteiger partial charge on any atom is -0.462 e. The third kappa shape index (κ3) is 6.95. The van der Waals surface area contributed by atoms with E-state index in [-0.39, 0.29) is 12.1 Å². The number of esters is 1. The first kappa shape index (κ1) is 23.5. The van der Waals surface area contributed by atoms with E-state index in [1.54, 1.807) is 6.92 Å². The number of carbonyl (C=O) groups is 1. The zero-order valence-electron chi connectivity index (χ0n) is 18.2. The summed E-state index contributed by atoms with van der Waals surface area (Å²) in [4.78, 5) is 11.6. The third-order valence-corrected chi connectivity index (χ3v) is 8.73. The topological polar surface area (TPSA) is 54.0 Å². The largest absolute Gasteiger partial charge is 0.501 e. The zero-order chi connectivity index (χ0) is 20.5. The summed E-state index contributed by atoms with van der Waals surface area (Å²) in [6.07, 6.45) is 6.74. The second-order valence-electron chi connectivity index (χ2n) is 8.33. The standard InChI is InChI=1S/C21H40NO5Si/c1-5-7-10-20-18-22(11-8-6-2)12-15-25-28(27-20,26-16-13-22)17-9-14-24-21(23)19(3)4/h20H,3,5-18H2,1-2,4H3/q+1. The Bertz CT molecular complexity index is 503. The SMILES string of the molecule is C=C(C)C(=O)OCCC[Si]12OCC[N+](CCCC)(CCO1)CC(CCCC)O2. The number of quaternary nitrogens is 1. The Morgan fingerprint density at radius 1 is 1.14 bits per heavy atom. The lowest BCUT2D eigenvalue weighted by atomic mass is 10.1. The predicted molar refractivity (Wildman–Crippen MR) is 112 cm³/mol. The van der Waals surface area contributed by atoms with Gasteiger partial charge in [0.25, 0.3) is 0 Å². The Morgan fingerprint density at radius 3 is 2.43 bits per heavy atom. The molecule has 6 nitrogen and oxygen atoms in total. The van der Waals surface area contributed by atoms with Gasteiger partial charge in [-0.3, -0.25) is 0 Å². The molecule has 2 bridgehead atoms. The summed E-state index contributed by atoms with van der Waals surface area (Å²) in [5, 5.41) is 0. The zero-order valence-corrected chi connectivity index (χ0v) is 19.2. The minimum absolute atomic E-state index is 0.196. The fourth-order valence-electron chi connectivity index (χ4n) is 4.09. The van der Waals surface area contributed by atoms with Crippen LogP contribution >= 0.6 is 0 Å². The minimum atomic E-state index is -2.73. The lowest BCUT2D eigenvalue weighted by Crippen LogP contribution is -2.65. The highest BCUT2D eigenvalue weighted by molar-refractivity contribution is 6.60. The summed E-state index contributed by atoms with van der Waals surface area (Å²) in [6.45, 7) is 15.9. The molecule has 1 unspecified atom stereocenters. The van der Waals surface area contributed by atoms with E-state index in [0.29, 0.717) is 37.9 Å². The van der Waals surface area contributed by atoms with Crippen molar-refractivity contribution in [3.8, 4) is 0 Å². The Morgan fingerprint density at radius 2 is 1.82 bits per heavy atom. The molecule has 0 aliphatic carbocycles. The molecule has 0 radical (unpaired) electrons. The van der Waals surface area contributed by atoms with Crippen molar-refractivity contribution in [3.63, 3.8) is 0 Å². The van der Waals surface area contributed by atoms with Crippen LogP contribution in [0.3, 0.4) is 0 Å². The molecule has 1 atom stereocenters. The fraction of sp³-hybridized carbons (Fsp3) is 0.857. The molecular formula is C21H40NO5Si+. The van der Waals surface area contributed by atoms with Crippen LogP contribution in [0.5, 0.6) is 0 Å². The van der Waals surface area contributed by atoms with Crippen molar-refractivity contribution in [2.24, 2.45) is 0 Å². The van der Waals surface area contributed by atoms with E-state index in [9.17, 15) is 4.79 Å². The fourth-order valence-corrected chi connectivity index (χ4v) is 6.80. The Balaban J connectivity index is 2.02. The number of fused-ring (bicyclic) bond motifs is 6. The number of carbonyl (C=O) groups excluding carboxylic acids is 1. The maximum absolute atomic E-state index is 11.6. The molecule has 0 aromatic carbocycles. The van der Waals surface area contributed by atoms with Gasteiger partial charge in [-0.2, -0.15) is 0 Å². The Hall–Kier alpha value is -0.733. The molecule has 162 valence electrons. The van der Waals surface area contributed by atoms with Gasteiger partial charge in [0.15, 0.2) is 0 Å². The van der Waals surface area contributed by atoms with Crippen molar-refractivity contribution in [1.29, 1.82) is 0 Å². The van der Waals surface area contributed by atoms with Gasteiger partial charge in [0, 0.05) is 11.6 Å². The van der Waals surface area contributed by atoms with Gasteiger partial charge in [-0.15, -0.1) is 0 Å². The number of hydrogen-bond acceptors (Lipinski definition) is 5. The quantitative estimate of drug-likeness (QED) is 0.170. The monoisotopic (exact) mass is 414 g/mol. The first-order valence-electron chi connectivity index (χ1n) is 11.1. The van der Waals surface area contributed by atoms with E-state index in [1.165, 1.54) is 32.2 Å². The van der Waals surface area contributed by atoms with Crippen LogP contribution in [0.4, 0.5) is 0 Å². The van der Waals surface area contributed by atoms with Crippen molar-refractivity contribution in [2.45, 2.75) is 71.4 Å². The number of nitrogens with zero attached hydrogens (tertiary/aromatic N) is 1. The van der Waals surface area contributed by atoms with Crippen LogP contribution in [0.15, 0.2) is 12.2 Å². The van der Waals surface area contributed by atoms with Crippen LogP contribution in [0.1, 0.15) is 59.3 Å². The smallest absolute Gasteiger partial charge is 0.462 e. The van der Waals surface area contributed by atoms with E-state index < -0.39 is 8.80 Å². The van der Waals surface area contributed by atoms with Gasteiger partial charge in [-0.25, -0.2) is 4.79 Å². The van der Waals surface area contributed by atoms with Crippen LogP contribution in [0, 0.1) is 0 Å². The van der Waals surface area contributed by atoms with E-state index in [4.69, 9.17) is 18.0 Å². The number of rotatable bonds is 11. The molecule has 3 rings (SSSR count). The number of ether oxygens (including phenoxy) is 1. The second kappa shape index (κ2) is 11.5. The molecule has 0 saturated carbocycles. The summed E-state index contributed by atoms with van der Waals surface area (Å²) in [7, 11) is -2.73. The third-order valence-electron chi connectivity index (χ3n) is 5.79. The summed E-state index contributed by atoms with van der Waals surface area (Å²) >= 11 is 0. The molecule has 0 spiro atoms. The average molecular weight is 415 g/mol. The first-order valence-corrected chi connectivity index (χ1v) is 13.0. The first-order chi connectivity index (χ1) is 13.4. The average Bonchev–Trinajstić information content (AvgIpc) is 2.63. The van der Waals surface area contributed by atoms with Gasteiger partial charge >= 0.3 is 14.8 Å². The summed E-state index contributed by atoms with van der Waals surface area (Å²) in [5.74, 6) is -0.337. The molecule has 3 saturated heterocycles. The Labute approximate surface area is 172 Å². The van der Waals surface area contributed by atoms with Crippen LogP contribution in [0.25, 0.3) is 0 Å². The van der Waals surface area contributed by atoms with E-state index in [1.807, 2.05) is 0 Å². The molecule has 0 amide bonds. The molecule has 28 heavy (non-hydrogen) atoms. The molecule has 0 N–H and O–H groups in total. The lowest BCUT2D eigenvalue weighted by Gasteiger charge is -2.48. The normalized spacial score (nSPS) is 30.3. The van der Waals surface area contributed by atoms with Crippen LogP contribution in [-0.2, 0) is 22.8 Å². The predicted octanol–water partition coefficient (Wildman–Crippen LogP) is 3.69. The van der Waals surface area contributed by atoms with Crippen LogP contribution in [0.2, 0.25) is 6.04 Å².